The molecule has 0 radical (unpaired) electrons. The number of amides is 1. The van der Waals surface area contributed by atoms with Crippen LogP contribution in [0.1, 0.15) is 48.5 Å². The van der Waals surface area contributed by atoms with Crippen molar-refractivity contribution in [2.24, 2.45) is 5.41 Å². The Morgan fingerprint density at radius 2 is 1.87 bits per heavy atom. The van der Waals surface area contributed by atoms with Crippen LogP contribution in [0.3, 0.4) is 0 Å². The molecule has 1 unspecified atom stereocenters. The minimum atomic E-state index is -0.278. The minimum absolute atomic E-state index is 0.0628. The van der Waals surface area contributed by atoms with Crippen molar-refractivity contribution in [2.45, 2.75) is 60.5 Å². The van der Waals surface area contributed by atoms with E-state index in [0.717, 1.165) is 11.9 Å². The molecule has 1 atom stereocenters. The predicted molar refractivity (Wildman–Crippen MR) is 92.7 cm³/mol. The molecule has 134 valence electrons. The molecule has 1 amide bonds. The predicted octanol–water partition coefficient (Wildman–Crippen LogP) is 1.87. The Kier molecular flexibility index (Phi) is 9.76. The van der Waals surface area contributed by atoms with Gasteiger partial charge in [-0.1, -0.05) is 20.8 Å². The maximum atomic E-state index is 11.5. The summed E-state index contributed by atoms with van der Waals surface area (Å²) in [6, 6.07) is -0.0660. The summed E-state index contributed by atoms with van der Waals surface area (Å²) in [5, 5.41) is 4.55. The van der Waals surface area contributed by atoms with Crippen LogP contribution >= 0.6 is 0 Å². The average molecular weight is 327 g/mol. The van der Waals surface area contributed by atoms with E-state index in [0.29, 0.717) is 19.8 Å². The first-order chi connectivity index (χ1) is 10.6. The highest BCUT2D eigenvalue weighted by Crippen LogP contribution is 2.22. The molecule has 0 saturated heterocycles. The van der Waals surface area contributed by atoms with Crippen molar-refractivity contribution in [3.8, 4) is 0 Å². The fraction of sp³-hybridized carbons (Fsp3) is 0.765. The summed E-state index contributed by atoms with van der Waals surface area (Å²) in [5.74, 6) is -0.0628. The highest BCUT2D eigenvalue weighted by Gasteiger charge is 2.29. The molecule has 0 heterocycles. The number of hydrogen-bond donors (Lipinski definition) is 2. The van der Waals surface area contributed by atoms with Gasteiger partial charge in [-0.05, 0) is 31.8 Å². The van der Waals surface area contributed by atoms with Gasteiger partial charge in [-0.15, -0.1) is 0 Å². The van der Waals surface area contributed by atoms with Gasteiger partial charge < -0.3 is 19.9 Å². The highest BCUT2D eigenvalue weighted by molar-refractivity contribution is 5.72. The molecule has 0 aromatic carbocycles. The Morgan fingerprint density at radius 1 is 1.26 bits per heavy atom. The maximum absolute atomic E-state index is 11.5. The van der Waals surface area contributed by atoms with Gasteiger partial charge in [0.1, 0.15) is 12.3 Å². The monoisotopic (exact) mass is 327 g/mol. The van der Waals surface area contributed by atoms with Gasteiger partial charge in [-0.2, -0.15) is 0 Å². The molecular weight excluding hydrogens is 294 g/mol. The standard InChI is InChI=1S/C17H33N3O3/c1-13(2)19-20(16(11-21)17(5,6)7)10-14(3)12-23-9-8-18-15(4)22/h10-11,13,16,19H,8-9,12H2,1-7H3,(H,18,22)/b14-10+. The van der Waals surface area contributed by atoms with Gasteiger partial charge in [-0.25, -0.2) is 5.43 Å². The zero-order valence-corrected chi connectivity index (χ0v) is 15.6. The van der Waals surface area contributed by atoms with Gasteiger partial charge in [0.2, 0.25) is 5.91 Å². The van der Waals surface area contributed by atoms with Gasteiger partial charge in [0.15, 0.2) is 0 Å². The molecule has 0 aromatic heterocycles. The summed E-state index contributed by atoms with van der Waals surface area (Å²) >= 11 is 0. The largest absolute Gasteiger partial charge is 0.375 e. The van der Waals surface area contributed by atoms with E-state index in [4.69, 9.17) is 4.74 Å². The SMILES string of the molecule is CC(=O)NCCOC/C(C)=C/N(NC(C)C)C(C=O)C(C)(C)C. The number of carbonyl (C=O) groups excluding carboxylic acids is 2. The van der Waals surface area contributed by atoms with Crippen molar-refractivity contribution in [2.75, 3.05) is 19.8 Å². The molecule has 0 aromatic rings. The van der Waals surface area contributed by atoms with Crippen molar-refractivity contribution in [1.82, 2.24) is 15.8 Å². The second-order valence-electron chi connectivity index (χ2n) is 7.15. The van der Waals surface area contributed by atoms with Crippen LogP contribution in [0.2, 0.25) is 0 Å². The van der Waals surface area contributed by atoms with E-state index in [1.54, 1.807) is 0 Å². The second kappa shape index (κ2) is 10.4. The van der Waals surface area contributed by atoms with E-state index in [-0.39, 0.29) is 23.4 Å². The molecule has 0 aliphatic rings. The Balaban J connectivity index is 4.72. The lowest BCUT2D eigenvalue weighted by molar-refractivity contribution is -0.119. The normalized spacial score (nSPS) is 13.8. The van der Waals surface area contributed by atoms with Crippen molar-refractivity contribution in [1.29, 1.82) is 0 Å². The first kappa shape index (κ1) is 21.6. The van der Waals surface area contributed by atoms with Crippen molar-refractivity contribution in [3.63, 3.8) is 0 Å². The zero-order valence-electron chi connectivity index (χ0n) is 15.6. The summed E-state index contributed by atoms with van der Waals surface area (Å²) in [4.78, 5) is 22.3. The molecule has 0 aliphatic heterocycles. The molecule has 0 fully saturated rings. The Morgan fingerprint density at radius 3 is 2.30 bits per heavy atom. The molecule has 0 rings (SSSR count). The molecule has 23 heavy (non-hydrogen) atoms. The van der Waals surface area contributed by atoms with E-state index in [1.807, 2.05) is 52.8 Å². The molecule has 6 nitrogen and oxygen atoms in total. The molecule has 0 bridgehead atoms. The average Bonchev–Trinajstić information content (AvgIpc) is 2.35. The van der Waals surface area contributed by atoms with Gasteiger partial charge >= 0.3 is 0 Å². The van der Waals surface area contributed by atoms with Crippen LogP contribution in [0, 0.1) is 5.41 Å². The summed E-state index contributed by atoms with van der Waals surface area (Å²) < 4.78 is 5.52. The van der Waals surface area contributed by atoms with E-state index in [1.165, 1.54) is 6.92 Å². The third kappa shape index (κ3) is 10.1. The molecule has 0 spiro atoms. The number of rotatable bonds is 10. The maximum Gasteiger partial charge on any atom is 0.216 e. The van der Waals surface area contributed by atoms with Crippen LogP contribution in [0.15, 0.2) is 11.8 Å². The first-order valence-electron chi connectivity index (χ1n) is 8.07. The molecular formula is C17H33N3O3. The molecule has 0 aliphatic carbocycles. The lowest BCUT2D eigenvalue weighted by atomic mass is 9.87. The molecule has 6 heteroatoms. The van der Waals surface area contributed by atoms with Gasteiger partial charge in [0.25, 0.3) is 0 Å². The van der Waals surface area contributed by atoms with Crippen LogP contribution in [0.5, 0.6) is 0 Å². The number of hydrazine groups is 1. The van der Waals surface area contributed by atoms with Gasteiger partial charge in [-0.3, -0.25) is 4.79 Å². The van der Waals surface area contributed by atoms with Crippen LogP contribution in [0.4, 0.5) is 0 Å². The molecule has 2 N–H and O–H groups in total. The Hall–Kier alpha value is -1.40. The molecule has 0 saturated carbocycles. The van der Waals surface area contributed by atoms with Gasteiger partial charge in [0, 0.05) is 25.7 Å². The summed E-state index contributed by atoms with van der Waals surface area (Å²) in [5.41, 5.74) is 4.11. The van der Waals surface area contributed by atoms with Crippen molar-refractivity contribution < 1.29 is 14.3 Å². The minimum Gasteiger partial charge on any atom is -0.375 e. The van der Waals surface area contributed by atoms with Crippen LogP contribution < -0.4 is 10.7 Å². The zero-order chi connectivity index (χ0) is 18.0. The second-order valence-corrected chi connectivity index (χ2v) is 7.15. The van der Waals surface area contributed by atoms with Gasteiger partial charge in [0.05, 0.1) is 13.2 Å². The third-order valence-electron chi connectivity index (χ3n) is 3.03. The summed E-state index contributed by atoms with van der Waals surface area (Å²) in [7, 11) is 0. The van der Waals surface area contributed by atoms with Crippen molar-refractivity contribution >= 4 is 12.2 Å². The lowest BCUT2D eigenvalue weighted by Gasteiger charge is -2.37. The number of nitrogens with zero attached hydrogens (tertiary/aromatic N) is 1. The van der Waals surface area contributed by atoms with E-state index >= 15 is 0 Å². The van der Waals surface area contributed by atoms with E-state index < -0.39 is 0 Å². The topological polar surface area (TPSA) is 70.7 Å². The number of nitrogens with one attached hydrogen (secondary N) is 2. The van der Waals surface area contributed by atoms with Crippen molar-refractivity contribution in [3.05, 3.63) is 11.8 Å². The van der Waals surface area contributed by atoms with Crippen LogP contribution in [0.25, 0.3) is 0 Å². The van der Waals surface area contributed by atoms with E-state index in [9.17, 15) is 9.59 Å². The highest BCUT2D eigenvalue weighted by atomic mass is 16.5. The fourth-order valence-corrected chi connectivity index (χ4v) is 1.99. The number of hydrogen-bond acceptors (Lipinski definition) is 5. The number of ether oxygens (including phenoxy) is 1. The first-order valence-corrected chi connectivity index (χ1v) is 8.07. The smallest absolute Gasteiger partial charge is 0.216 e. The quantitative estimate of drug-likeness (QED) is 0.364. The number of aldehydes is 1. The summed E-state index contributed by atoms with van der Waals surface area (Å²) in [6.07, 6.45) is 2.89. The van der Waals surface area contributed by atoms with E-state index in [2.05, 4.69) is 10.7 Å². The fourth-order valence-electron chi connectivity index (χ4n) is 1.99. The Bertz CT molecular complexity index is 400. The van der Waals surface area contributed by atoms with Crippen LogP contribution in [-0.4, -0.2) is 49.0 Å². The lowest BCUT2D eigenvalue weighted by Crippen LogP contribution is -2.51. The number of carbonyl (C=O) groups is 2. The summed E-state index contributed by atoms with van der Waals surface area (Å²) in [6.45, 7) is 15.0. The Labute approximate surface area is 140 Å². The third-order valence-corrected chi connectivity index (χ3v) is 3.03. The van der Waals surface area contributed by atoms with Crippen LogP contribution in [-0.2, 0) is 14.3 Å².